The van der Waals surface area contributed by atoms with E-state index in [-0.39, 0.29) is 124 Å². The van der Waals surface area contributed by atoms with E-state index in [1.54, 1.807) is 0 Å². The van der Waals surface area contributed by atoms with Crippen molar-refractivity contribution >= 4 is 114 Å². The predicted molar refractivity (Wildman–Crippen MR) is 239 cm³/mol. The minimum absolute atomic E-state index is 0.00260. The van der Waals surface area contributed by atoms with E-state index in [4.69, 9.17) is 33.2 Å². The van der Waals surface area contributed by atoms with Crippen molar-refractivity contribution < 1.29 is 47.3 Å². The average molecular weight is 1020 g/mol. The van der Waals surface area contributed by atoms with Crippen LogP contribution >= 0.6 is 23.2 Å². The van der Waals surface area contributed by atoms with Gasteiger partial charge in [-0.15, -0.1) is 0 Å². The highest BCUT2D eigenvalue weighted by molar-refractivity contribution is 7.89. The number of aromatic nitrogens is 11. The number of nitrogens with zero attached hydrogens (tertiary/aromatic N) is 9. The summed E-state index contributed by atoms with van der Waals surface area (Å²) in [6.07, 6.45) is 0. The van der Waals surface area contributed by atoms with E-state index in [0.717, 1.165) is 36.4 Å². The van der Waals surface area contributed by atoms with Crippen LogP contribution in [-0.2, 0) is 40.4 Å². The molecule has 0 radical (unpaired) electrons. The van der Waals surface area contributed by atoms with Gasteiger partial charge in [0, 0.05) is 56.9 Å². The van der Waals surface area contributed by atoms with Crippen LogP contribution in [0.25, 0.3) is 89.7 Å². The standard InChI is InChI=1S/C37H23Cl2N13O11S4/c38-35-50-36(39)52-37(51-35)40-9-10-41-64(53,54)15-1-5-19-23(11-15)31-42-27(19)44-32-25-13-17(66(58,59)60)3-7-21(25)29(46-32)48-34-26-14-18(67(61,62)63)4-8-22(26)30(49-34)47-33-24-12-16(65(55,56)57)2-6-20(24)28(43-31)45-33/h1-8,11-14,41H,9-10H2,(H,55,56,57)(H,58,59,60)(H,61,62,63)(H,40,50,51,52)(H2,42,43,44,45,46,47,48,49). The van der Waals surface area contributed by atoms with Crippen LogP contribution in [0.2, 0.25) is 10.6 Å². The Hall–Kier alpha value is -6.73. The largest absolute Gasteiger partial charge is 0.353 e. The van der Waals surface area contributed by atoms with Crippen molar-refractivity contribution in [2.45, 2.75) is 19.6 Å². The van der Waals surface area contributed by atoms with Gasteiger partial charge in [0.2, 0.25) is 26.5 Å². The number of sulfonamides is 1. The lowest BCUT2D eigenvalue weighted by atomic mass is 10.1. The van der Waals surface area contributed by atoms with Crippen LogP contribution in [-0.4, -0.2) is 115 Å². The molecule has 0 aliphatic carbocycles. The summed E-state index contributed by atoms with van der Waals surface area (Å²) in [6.45, 7) is -0.174. The van der Waals surface area contributed by atoms with Crippen molar-refractivity contribution in [2.24, 2.45) is 0 Å². The number of rotatable bonds is 9. The van der Waals surface area contributed by atoms with Gasteiger partial charge < -0.3 is 15.3 Å². The first-order chi connectivity index (χ1) is 31.6. The molecule has 67 heavy (non-hydrogen) atoms. The molecule has 24 nitrogen and oxygen atoms in total. The van der Waals surface area contributed by atoms with Gasteiger partial charge in [-0.25, -0.2) is 43.0 Å². The second-order valence-electron chi connectivity index (χ2n) is 14.4. The summed E-state index contributed by atoms with van der Waals surface area (Å²) in [5.41, 5.74) is 0.504. The third kappa shape index (κ3) is 8.28. The lowest BCUT2D eigenvalue weighted by Crippen LogP contribution is -2.29. The van der Waals surface area contributed by atoms with E-state index in [1.165, 1.54) is 36.4 Å². The van der Waals surface area contributed by atoms with Crippen LogP contribution in [0.5, 0.6) is 0 Å². The Bertz CT molecular complexity index is 4100. The van der Waals surface area contributed by atoms with Crippen LogP contribution in [0.1, 0.15) is 0 Å². The quantitative estimate of drug-likeness (QED) is 0.0773. The number of nitrogens with one attached hydrogen (secondary N) is 4. The number of fused-ring (bicyclic) bond motifs is 20. The number of hydrogen-bond donors (Lipinski definition) is 7. The maximum absolute atomic E-state index is 13.7. The lowest BCUT2D eigenvalue weighted by Gasteiger charge is -2.09. The fourth-order valence-corrected chi connectivity index (χ4v) is 10.1. The van der Waals surface area contributed by atoms with E-state index in [9.17, 15) is 47.3 Å². The van der Waals surface area contributed by atoms with Gasteiger partial charge in [-0.05, 0) is 96.0 Å². The Morgan fingerprint density at radius 3 is 1.28 bits per heavy atom. The van der Waals surface area contributed by atoms with Crippen molar-refractivity contribution in [3.05, 3.63) is 83.4 Å². The Labute approximate surface area is 385 Å². The van der Waals surface area contributed by atoms with Crippen LogP contribution in [0.4, 0.5) is 5.95 Å². The average Bonchev–Trinajstić information content (AvgIpc) is 3.98. The zero-order chi connectivity index (χ0) is 47.4. The second-order valence-corrected chi connectivity index (χ2v) is 21.1. The summed E-state index contributed by atoms with van der Waals surface area (Å²) in [7, 11) is -18.5. The minimum Gasteiger partial charge on any atom is -0.353 e. The molecule has 8 aromatic rings. The molecule has 0 saturated carbocycles. The van der Waals surface area contributed by atoms with Crippen LogP contribution in [0, 0.1) is 0 Å². The molecule has 340 valence electrons. The molecule has 4 aromatic carbocycles. The molecule has 8 bridgehead atoms. The predicted octanol–water partition coefficient (Wildman–Crippen LogP) is 4.49. The molecule has 2 aliphatic heterocycles. The summed E-state index contributed by atoms with van der Waals surface area (Å²) in [6, 6.07) is 14.6. The van der Waals surface area contributed by atoms with Crippen molar-refractivity contribution in [2.75, 3.05) is 18.4 Å². The fraction of sp³-hybridized carbons (Fsp3) is 0.0541. The normalized spacial score (nSPS) is 12.9. The molecule has 0 fully saturated rings. The van der Waals surface area contributed by atoms with Crippen molar-refractivity contribution in [1.82, 2.24) is 59.5 Å². The zero-order valence-electron chi connectivity index (χ0n) is 32.9. The monoisotopic (exact) mass is 1020 g/mol. The molecule has 0 amide bonds. The molecule has 30 heteroatoms. The van der Waals surface area contributed by atoms with Gasteiger partial charge in [0.15, 0.2) is 23.3 Å². The number of hydrogen-bond acceptors (Lipinski definition) is 18. The summed E-state index contributed by atoms with van der Waals surface area (Å²) < 4.78 is 134. The van der Waals surface area contributed by atoms with Gasteiger partial charge in [-0.2, -0.15) is 40.2 Å². The van der Waals surface area contributed by atoms with E-state index in [2.05, 4.69) is 54.9 Å². The SMILES string of the molecule is O=S(=O)(O)c1ccc2c(c1)-c1nc-2nc2[nH]c(nc3nc(nc4[nH]c(n1)c1ccc(S(=O)(=O)O)cc41)-c1ccc(S(=O)(=O)NCCNc4nc(Cl)nc(Cl)n4)cc1-3)c1ccc(S(=O)(=O)O)cc21. The Morgan fingerprint density at radius 1 is 0.433 bits per heavy atom. The maximum Gasteiger partial charge on any atom is 0.294 e. The van der Waals surface area contributed by atoms with Crippen molar-refractivity contribution in [1.29, 1.82) is 0 Å². The molecule has 0 atom stereocenters. The number of H-pyrrole nitrogens is 2. The molecule has 0 spiro atoms. The van der Waals surface area contributed by atoms with Gasteiger partial charge in [0.25, 0.3) is 30.4 Å². The van der Waals surface area contributed by atoms with Crippen LogP contribution in [0.3, 0.4) is 0 Å². The number of aromatic amines is 2. The molecular weight excluding hydrogens is 1000 g/mol. The molecule has 2 aliphatic rings. The molecule has 10 rings (SSSR count). The molecule has 7 N–H and O–H groups in total. The first kappa shape index (κ1) is 44.1. The summed E-state index contributed by atoms with van der Waals surface area (Å²) in [4.78, 5) is 43.7. The van der Waals surface area contributed by atoms with E-state index >= 15 is 0 Å². The van der Waals surface area contributed by atoms with Gasteiger partial charge in [0.1, 0.15) is 22.6 Å². The highest BCUT2D eigenvalue weighted by Crippen LogP contribution is 2.39. The smallest absolute Gasteiger partial charge is 0.294 e. The molecule has 4 aromatic heterocycles. The summed E-state index contributed by atoms with van der Waals surface area (Å²) in [5.74, 6) is -0.441. The summed E-state index contributed by atoms with van der Waals surface area (Å²) in [5, 5.41) is 3.08. The number of anilines is 1. The first-order valence-corrected chi connectivity index (χ1v) is 25.3. The van der Waals surface area contributed by atoms with Crippen molar-refractivity contribution in [3.8, 4) is 45.6 Å². The van der Waals surface area contributed by atoms with Gasteiger partial charge in [0.05, 0.1) is 19.6 Å². The Balaban J connectivity index is 1.23. The Kier molecular flexibility index (Phi) is 10.3. The van der Waals surface area contributed by atoms with Gasteiger partial charge in [-0.1, -0.05) is 0 Å². The Morgan fingerprint density at radius 2 is 0.821 bits per heavy atom. The third-order valence-electron chi connectivity index (χ3n) is 10.2. The third-order valence-corrected chi connectivity index (χ3v) is 14.5. The molecule has 0 saturated heterocycles. The van der Waals surface area contributed by atoms with E-state index < -0.39 is 55.1 Å². The fourth-order valence-electron chi connectivity index (χ4n) is 7.21. The van der Waals surface area contributed by atoms with E-state index in [0.29, 0.717) is 0 Å². The molecule has 6 heterocycles. The lowest BCUT2D eigenvalue weighted by molar-refractivity contribution is 0.481. The number of halogens is 2. The maximum atomic E-state index is 13.7. The molecule has 0 unspecified atom stereocenters. The highest BCUT2D eigenvalue weighted by Gasteiger charge is 2.27. The topological polar surface area (TPSA) is 369 Å². The highest BCUT2D eigenvalue weighted by atomic mass is 35.5. The first-order valence-electron chi connectivity index (χ1n) is 18.7. The minimum atomic E-state index is -4.76. The molecular formula is C37H23Cl2N13O11S4. The van der Waals surface area contributed by atoms with Crippen molar-refractivity contribution in [3.63, 3.8) is 0 Å². The van der Waals surface area contributed by atoms with Gasteiger partial charge in [-0.3, -0.25) is 13.7 Å². The van der Waals surface area contributed by atoms with Crippen LogP contribution in [0.15, 0.2) is 92.4 Å². The van der Waals surface area contributed by atoms with Crippen LogP contribution < -0.4 is 10.0 Å². The number of benzene rings is 4. The second kappa shape index (κ2) is 15.7. The summed E-state index contributed by atoms with van der Waals surface area (Å²) >= 11 is 11.7. The zero-order valence-corrected chi connectivity index (χ0v) is 37.6. The van der Waals surface area contributed by atoms with Gasteiger partial charge >= 0.3 is 0 Å². The van der Waals surface area contributed by atoms with E-state index in [1.807, 2.05) is 0 Å².